The summed E-state index contributed by atoms with van der Waals surface area (Å²) in [4.78, 5) is 23.2. The summed E-state index contributed by atoms with van der Waals surface area (Å²) >= 11 is 0. The number of carbonyl (C=O) groups is 2. The molecule has 0 aliphatic carbocycles. The Morgan fingerprint density at radius 2 is 1.84 bits per heavy atom. The zero-order valence-electron chi connectivity index (χ0n) is 13.8. The van der Waals surface area contributed by atoms with Gasteiger partial charge in [0.05, 0.1) is 19.8 Å². The van der Waals surface area contributed by atoms with E-state index in [1.165, 1.54) is 38.5 Å². The molecule has 0 amide bonds. The lowest BCUT2D eigenvalue weighted by atomic mass is 10.1. The van der Waals surface area contributed by atoms with Crippen molar-refractivity contribution < 1.29 is 28.2 Å². The first kappa shape index (κ1) is 18.2. The quantitative estimate of drug-likeness (QED) is 0.438. The van der Waals surface area contributed by atoms with Gasteiger partial charge in [-0.25, -0.2) is 9.18 Å². The standard InChI is InChI=1S/C19H17FO5/c1-23-18-11-13(8-10-19(22)24-2)7-9-17(18)25-12-16(21)14-5-3-4-6-15(14)20/h3-11H,12H2,1-2H3/b10-8+. The van der Waals surface area contributed by atoms with E-state index in [9.17, 15) is 14.0 Å². The third kappa shape index (κ3) is 4.91. The third-order valence-electron chi connectivity index (χ3n) is 3.33. The van der Waals surface area contributed by atoms with Crippen LogP contribution in [-0.2, 0) is 9.53 Å². The molecule has 0 N–H and O–H groups in total. The molecule has 0 bridgehead atoms. The van der Waals surface area contributed by atoms with Crippen molar-refractivity contribution >= 4 is 17.8 Å². The second-order valence-corrected chi connectivity index (χ2v) is 4.96. The van der Waals surface area contributed by atoms with Crippen LogP contribution < -0.4 is 9.47 Å². The summed E-state index contributed by atoms with van der Waals surface area (Å²) in [5, 5.41) is 0. The molecule has 0 radical (unpaired) electrons. The van der Waals surface area contributed by atoms with E-state index in [0.29, 0.717) is 17.1 Å². The normalized spacial score (nSPS) is 10.5. The van der Waals surface area contributed by atoms with Crippen LogP contribution in [0.3, 0.4) is 0 Å². The van der Waals surface area contributed by atoms with Gasteiger partial charge in [-0.1, -0.05) is 18.2 Å². The van der Waals surface area contributed by atoms with Crippen molar-refractivity contribution in [3.8, 4) is 11.5 Å². The molecule has 0 saturated heterocycles. The van der Waals surface area contributed by atoms with Gasteiger partial charge in [-0.15, -0.1) is 0 Å². The third-order valence-corrected chi connectivity index (χ3v) is 3.33. The first-order chi connectivity index (χ1) is 12.0. The van der Waals surface area contributed by atoms with Crippen LogP contribution in [0.15, 0.2) is 48.5 Å². The van der Waals surface area contributed by atoms with Crippen LogP contribution in [-0.4, -0.2) is 32.6 Å². The minimum absolute atomic E-state index is 0.0286. The number of benzene rings is 2. The highest BCUT2D eigenvalue weighted by Crippen LogP contribution is 2.28. The van der Waals surface area contributed by atoms with Crippen molar-refractivity contribution in [2.75, 3.05) is 20.8 Å². The molecular weight excluding hydrogens is 327 g/mol. The van der Waals surface area contributed by atoms with Crippen LogP contribution >= 0.6 is 0 Å². The Kier molecular flexibility index (Phi) is 6.28. The molecule has 2 aromatic carbocycles. The fourth-order valence-electron chi connectivity index (χ4n) is 2.05. The molecule has 6 heteroatoms. The van der Waals surface area contributed by atoms with Gasteiger partial charge >= 0.3 is 5.97 Å². The van der Waals surface area contributed by atoms with E-state index < -0.39 is 17.6 Å². The highest BCUT2D eigenvalue weighted by molar-refractivity contribution is 5.97. The largest absolute Gasteiger partial charge is 0.493 e. The molecule has 0 aliphatic heterocycles. The number of halogens is 1. The molecule has 0 unspecified atom stereocenters. The van der Waals surface area contributed by atoms with Gasteiger partial charge < -0.3 is 14.2 Å². The molecule has 0 atom stereocenters. The maximum Gasteiger partial charge on any atom is 0.330 e. The van der Waals surface area contributed by atoms with Crippen molar-refractivity contribution in [2.45, 2.75) is 0 Å². The average Bonchev–Trinajstić information content (AvgIpc) is 2.64. The molecule has 5 nitrogen and oxygen atoms in total. The van der Waals surface area contributed by atoms with E-state index in [1.54, 1.807) is 30.3 Å². The summed E-state index contributed by atoms with van der Waals surface area (Å²) in [5.41, 5.74) is 0.661. The van der Waals surface area contributed by atoms with E-state index in [2.05, 4.69) is 4.74 Å². The summed E-state index contributed by atoms with van der Waals surface area (Å²) in [6.45, 7) is -0.325. The summed E-state index contributed by atoms with van der Waals surface area (Å²) in [6.07, 6.45) is 2.83. The molecule has 0 saturated carbocycles. The zero-order chi connectivity index (χ0) is 18.2. The van der Waals surface area contributed by atoms with Crippen molar-refractivity contribution in [1.82, 2.24) is 0 Å². The van der Waals surface area contributed by atoms with Gasteiger partial charge in [0.25, 0.3) is 0 Å². The monoisotopic (exact) mass is 344 g/mol. The lowest BCUT2D eigenvalue weighted by molar-refractivity contribution is -0.134. The number of methoxy groups -OCH3 is 2. The number of hydrogen-bond donors (Lipinski definition) is 0. The predicted molar refractivity (Wildman–Crippen MR) is 90.3 cm³/mol. The highest BCUT2D eigenvalue weighted by Gasteiger charge is 2.13. The molecule has 0 aromatic heterocycles. The van der Waals surface area contributed by atoms with E-state index >= 15 is 0 Å². The zero-order valence-corrected chi connectivity index (χ0v) is 13.8. The highest BCUT2D eigenvalue weighted by atomic mass is 19.1. The number of carbonyl (C=O) groups excluding carboxylic acids is 2. The summed E-state index contributed by atoms with van der Waals surface area (Å²) in [7, 11) is 2.74. The first-order valence-electron chi connectivity index (χ1n) is 7.39. The van der Waals surface area contributed by atoms with Crippen LogP contribution in [0.25, 0.3) is 6.08 Å². The Morgan fingerprint density at radius 1 is 1.08 bits per heavy atom. The van der Waals surface area contributed by atoms with E-state index in [1.807, 2.05) is 0 Å². The molecule has 130 valence electrons. The number of hydrogen-bond acceptors (Lipinski definition) is 5. The lowest BCUT2D eigenvalue weighted by Gasteiger charge is -2.11. The van der Waals surface area contributed by atoms with Crippen LogP contribution in [0.2, 0.25) is 0 Å². The first-order valence-corrected chi connectivity index (χ1v) is 7.39. The lowest BCUT2D eigenvalue weighted by Crippen LogP contribution is -2.13. The van der Waals surface area contributed by atoms with Crippen LogP contribution in [0.5, 0.6) is 11.5 Å². The fourth-order valence-corrected chi connectivity index (χ4v) is 2.05. The Labute approximate surface area is 144 Å². The van der Waals surface area contributed by atoms with Crippen LogP contribution in [0.4, 0.5) is 4.39 Å². The minimum Gasteiger partial charge on any atom is -0.493 e. The van der Waals surface area contributed by atoms with Gasteiger partial charge in [0.15, 0.2) is 18.1 Å². The number of ether oxygens (including phenoxy) is 3. The number of ketones is 1. The number of rotatable bonds is 7. The van der Waals surface area contributed by atoms with Crippen LogP contribution in [0.1, 0.15) is 15.9 Å². The van der Waals surface area contributed by atoms with Crippen LogP contribution in [0, 0.1) is 5.82 Å². The van der Waals surface area contributed by atoms with Gasteiger partial charge in [0.1, 0.15) is 5.82 Å². The van der Waals surface area contributed by atoms with Gasteiger partial charge in [-0.05, 0) is 35.9 Å². The summed E-state index contributed by atoms with van der Waals surface area (Å²) < 4.78 is 28.8. The maximum absolute atomic E-state index is 13.6. The summed E-state index contributed by atoms with van der Waals surface area (Å²) in [5.74, 6) is -0.827. The Bertz CT molecular complexity index is 798. The summed E-state index contributed by atoms with van der Waals surface area (Å²) in [6, 6.07) is 10.6. The maximum atomic E-state index is 13.6. The molecule has 0 heterocycles. The van der Waals surface area contributed by atoms with Crippen molar-refractivity contribution in [2.24, 2.45) is 0 Å². The molecule has 2 rings (SSSR count). The topological polar surface area (TPSA) is 61.8 Å². The average molecular weight is 344 g/mol. The van der Waals surface area contributed by atoms with Gasteiger partial charge in [-0.3, -0.25) is 4.79 Å². The molecule has 0 spiro atoms. The predicted octanol–water partition coefficient (Wildman–Crippen LogP) is 3.28. The van der Waals surface area contributed by atoms with E-state index in [-0.39, 0.29) is 12.2 Å². The number of Topliss-reactive ketones (excluding diaryl/α,β-unsaturated/α-hetero) is 1. The molecule has 2 aromatic rings. The van der Waals surface area contributed by atoms with E-state index in [0.717, 1.165) is 0 Å². The number of esters is 1. The molecule has 25 heavy (non-hydrogen) atoms. The molecule has 0 aliphatic rings. The SMILES string of the molecule is COC(=O)/C=C/c1ccc(OCC(=O)c2ccccc2F)c(OC)c1. The van der Waals surface area contributed by atoms with Gasteiger partial charge in [0.2, 0.25) is 5.78 Å². The minimum atomic E-state index is -0.591. The van der Waals surface area contributed by atoms with Crippen molar-refractivity contribution in [3.05, 3.63) is 65.5 Å². The van der Waals surface area contributed by atoms with Crippen molar-refractivity contribution in [1.29, 1.82) is 0 Å². The molecule has 0 fully saturated rings. The second-order valence-electron chi connectivity index (χ2n) is 4.96. The van der Waals surface area contributed by atoms with E-state index in [4.69, 9.17) is 9.47 Å². The van der Waals surface area contributed by atoms with Crippen molar-refractivity contribution in [3.63, 3.8) is 0 Å². The van der Waals surface area contributed by atoms with Gasteiger partial charge in [-0.2, -0.15) is 0 Å². The van der Waals surface area contributed by atoms with Gasteiger partial charge in [0, 0.05) is 6.08 Å². The second kappa shape index (κ2) is 8.63. The Balaban J connectivity index is 2.09. The smallest absolute Gasteiger partial charge is 0.330 e. The molecular formula is C19H17FO5. The Hall–Kier alpha value is -3.15. The fraction of sp³-hybridized carbons (Fsp3) is 0.158. The Morgan fingerprint density at radius 3 is 2.52 bits per heavy atom.